The minimum atomic E-state index is -0.722. The third-order valence-corrected chi connectivity index (χ3v) is 2.66. The lowest BCUT2D eigenvalue weighted by molar-refractivity contribution is -0.143. The molecule has 0 spiro atoms. The van der Waals surface area contributed by atoms with E-state index in [0.717, 1.165) is 11.3 Å². The largest absolute Gasteiger partial charge is 0.385 e. The maximum atomic E-state index is 11.9. The molecule has 0 radical (unpaired) electrons. The van der Waals surface area contributed by atoms with Crippen molar-refractivity contribution >= 4 is 17.8 Å². The van der Waals surface area contributed by atoms with Crippen molar-refractivity contribution in [1.29, 1.82) is 0 Å². The van der Waals surface area contributed by atoms with Crippen molar-refractivity contribution in [1.82, 2.24) is 10.2 Å². The van der Waals surface area contributed by atoms with Crippen molar-refractivity contribution in [2.75, 3.05) is 20.3 Å². The minimum Gasteiger partial charge on any atom is -0.385 e. The molecule has 0 aromatic heterocycles. The third kappa shape index (κ3) is 3.26. The maximum absolute atomic E-state index is 11.9. The van der Waals surface area contributed by atoms with E-state index in [1.54, 1.807) is 7.11 Å². The van der Waals surface area contributed by atoms with Crippen LogP contribution in [0.4, 0.5) is 4.79 Å². The van der Waals surface area contributed by atoms with Gasteiger partial charge in [0.25, 0.3) is 0 Å². The fourth-order valence-electron chi connectivity index (χ4n) is 1.78. The molecule has 1 N–H and O–H groups in total. The third-order valence-electron chi connectivity index (χ3n) is 2.66. The molecule has 96 valence electrons. The molecule has 1 saturated heterocycles. The Kier molecular flexibility index (Phi) is 5.09. The molecule has 4 amide bonds. The van der Waals surface area contributed by atoms with Crippen molar-refractivity contribution in [3.05, 3.63) is 0 Å². The molecule has 0 aromatic rings. The van der Waals surface area contributed by atoms with Gasteiger partial charge in [0, 0.05) is 20.3 Å². The van der Waals surface area contributed by atoms with Gasteiger partial charge in [-0.3, -0.25) is 19.8 Å². The molecule has 1 fully saturated rings. The van der Waals surface area contributed by atoms with E-state index in [1.165, 1.54) is 0 Å². The lowest BCUT2D eigenvalue weighted by atomic mass is 9.99. The van der Waals surface area contributed by atoms with Crippen LogP contribution in [0.1, 0.15) is 26.2 Å². The van der Waals surface area contributed by atoms with Gasteiger partial charge >= 0.3 is 6.03 Å². The van der Waals surface area contributed by atoms with Crippen LogP contribution in [0.15, 0.2) is 0 Å². The van der Waals surface area contributed by atoms with Crippen molar-refractivity contribution in [2.24, 2.45) is 5.92 Å². The van der Waals surface area contributed by atoms with Gasteiger partial charge in [-0.1, -0.05) is 13.3 Å². The zero-order chi connectivity index (χ0) is 12.8. The molecule has 0 bridgehead atoms. The average molecular weight is 242 g/mol. The maximum Gasteiger partial charge on any atom is 0.330 e. The van der Waals surface area contributed by atoms with Crippen LogP contribution < -0.4 is 5.32 Å². The van der Waals surface area contributed by atoms with E-state index in [0.29, 0.717) is 19.4 Å². The summed E-state index contributed by atoms with van der Waals surface area (Å²) in [6.07, 6.45) is 1.77. The van der Waals surface area contributed by atoms with Crippen LogP contribution >= 0.6 is 0 Å². The first kappa shape index (κ1) is 13.6. The van der Waals surface area contributed by atoms with Gasteiger partial charge in [-0.2, -0.15) is 0 Å². The zero-order valence-electron chi connectivity index (χ0n) is 10.2. The number of barbiturate groups is 1. The van der Waals surface area contributed by atoms with Gasteiger partial charge in [-0.15, -0.1) is 0 Å². The summed E-state index contributed by atoms with van der Waals surface area (Å²) in [6.45, 7) is 2.65. The summed E-state index contributed by atoms with van der Waals surface area (Å²) >= 11 is 0. The van der Waals surface area contributed by atoms with Crippen LogP contribution in [0.5, 0.6) is 0 Å². The smallest absolute Gasteiger partial charge is 0.330 e. The number of hydrogen-bond donors (Lipinski definition) is 1. The Morgan fingerprint density at radius 3 is 2.65 bits per heavy atom. The number of hydrogen-bond acceptors (Lipinski definition) is 4. The molecule has 1 unspecified atom stereocenters. The highest BCUT2D eigenvalue weighted by atomic mass is 16.5. The molecule has 1 atom stereocenters. The molecule has 1 rings (SSSR count). The molecular weight excluding hydrogens is 224 g/mol. The first-order valence-electron chi connectivity index (χ1n) is 5.77. The van der Waals surface area contributed by atoms with Crippen molar-refractivity contribution in [2.45, 2.75) is 26.2 Å². The molecule has 6 nitrogen and oxygen atoms in total. The van der Waals surface area contributed by atoms with Gasteiger partial charge in [-0.25, -0.2) is 4.79 Å². The minimum absolute atomic E-state index is 0.284. The number of nitrogens with one attached hydrogen (secondary N) is 1. The molecule has 1 aliphatic rings. The van der Waals surface area contributed by atoms with E-state index < -0.39 is 23.8 Å². The van der Waals surface area contributed by atoms with Gasteiger partial charge in [0.2, 0.25) is 11.8 Å². The lowest BCUT2D eigenvalue weighted by Crippen LogP contribution is -2.58. The second-order valence-corrected chi connectivity index (χ2v) is 3.97. The van der Waals surface area contributed by atoms with Crippen molar-refractivity contribution in [3.8, 4) is 0 Å². The van der Waals surface area contributed by atoms with Crippen LogP contribution in [-0.4, -0.2) is 43.0 Å². The number of rotatable bonds is 6. The number of ether oxygens (including phenoxy) is 1. The molecule has 0 aliphatic carbocycles. The highest BCUT2D eigenvalue weighted by molar-refractivity contribution is 6.16. The fraction of sp³-hybridized carbons (Fsp3) is 0.727. The number of methoxy groups -OCH3 is 1. The summed E-state index contributed by atoms with van der Waals surface area (Å²) in [5.74, 6) is -1.60. The SMILES string of the molecule is CCCC1C(=O)NC(=O)N(CCCOC)C1=O. The van der Waals surface area contributed by atoms with Crippen LogP contribution in [0.25, 0.3) is 0 Å². The lowest BCUT2D eigenvalue weighted by Gasteiger charge is -2.29. The predicted molar refractivity (Wildman–Crippen MR) is 60.1 cm³/mol. The second kappa shape index (κ2) is 6.34. The number of carbonyl (C=O) groups is 3. The van der Waals surface area contributed by atoms with Crippen molar-refractivity contribution < 1.29 is 19.1 Å². The van der Waals surface area contributed by atoms with Crippen LogP contribution in [-0.2, 0) is 14.3 Å². The summed E-state index contributed by atoms with van der Waals surface area (Å²) < 4.78 is 4.86. The highest BCUT2D eigenvalue weighted by Gasteiger charge is 2.39. The summed E-state index contributed by atoms with van der Waals surface area (Å²) in [4.78, 5) is 36.0. The van der Waals surface area contributed by atoms with Gasteiger partial charge in [0.05, 0.1) is 0 Å². The normalized spacial score (nSPS) is 20.7. The molecule has 17 heavy (non-hydrogen) atoms. The Morgan fingerprint density at radius 1 is 1.35 bits per heavy atom. The average Bonchev–Trinajstić information content (AvgIpc) is 2.29. The van der Waals surface area contributed by atoms with Crippen LogP contribution in [0, 0.1) is 5.92 Å². The Balaban J connectivity index is 2.65. The first-order valence-corrected chi connectivity index (χ1v) is 5.77. The molecule has 6 heteroatoms. The molecule has 0 aromatic carbocycles. The van der Waals surface area contributed by atoms with Gasteiger partial charge in [0.15, 0.2) is 0 Å². The number of urea groups is 1. The monoisotopic (exact) mass is 242 g/mol. The Morgan fingerprint density at radius 2 is 2.06 bits per heavy atom. The highest BCUT2D eigenvalue weighted by Crippen LogP contribution is 2.16. The van der Waals surface area contributed by atoms with Gasteiger partial charge in [0.1, 0.15) is 5.92 Å². The molecular formula is C11H18N2O4. The number of imide groups is 2. The van der Waals surface area contributed by atoms with E-state index >= 15 is 0 Å². The van der Waals surface area contributed by atoms with E-state index in [-0.39, 0.29) is 6.54 Å². The van der Waals surface area contributed by atoms with Gasteiger partial charge in [-0.05, 0) is 12.8 Å². The number of amides is 4. The van der Waals surface area contributed by atoms with Crippen molar-refractivity contribution in [3.63, 3.8) is 0 Å². The topological polar surface area (TPSA) is 75.7 Å². The zero-order valence-corrected chi connectivity index (χ0v) is 10.2. The van der Waals surface area contributed by atoms with E-state index in [2.05, 4.69) is 5.32 Å². The summed E-state index contributed by atoms with van der Waals surface area (Å²) in [5.41, 5.74) is 0. The summed E-state index contributed by atoms with van der Waals surface area (Å²) in [6, 6.07) is -0.622. The molecule has 0 saturated carbocycles. The standard InChI is InChI=1S/C11H18N2O4/c1-3-5-8-9(14)12-11(16)13(10(8)15)6-4-7-17-2/h8H,3-7H2,1-2H3,(H,12,14,16). The van der Waals surface area contributed by atoms with E-state index in [4.69, 9.17) is 4.74 Å². The molecule has 1 aliphatic heterocycles. The first-order chi connectivity index (χ1) is 8.11. The van der Waals surface area contributed by atoms with Crippen LogP contribution in [0.2, 0.25) is 0 Å². The Hall–Kier alpha value is -1.43. The second-order valence-electron chi connectivity index (χ2n) is 3.97. The number of nitrogens with zero attached hydrogens (tertiary/aromatic N) is 1. The van der Waals surface area contributed by atoms with Crippen LogP contribution in [0.3, 0.4) is 0 Å². The quantitative estimate of drug-likeness (QED) is 0.544. The molecule has 1 heterocycles. The summed E-state index contributed by atoms with van der Waals surface area (Å²) in [5, 5.41) is 2.21. The Bertz CT molecular complexity index is 317. The van der Waals surface area contributed by atoms with Gasteiger partial charge < -0.3 is 4.74 Å². The van der Waals surface area contributed by atoms with E-state index in [1.807, 2.05) is 6.92 Å². The summed E-state index contributed by atoms with van der Waals surface area (Å²) in [7, 11) is 1.56. The predicted octanol–water partition coefficient (Wildman–Crippen LogP) is 0.518. The number of carbonyl (C=O) groups excluding carboxylic acids is 3. The Labute approximate surface area is 100 Å². The fourth-order valence-corrected chi connectivity index (χ4v) is 1.78. The van der Waals surface area contributed by atoms with E-state index in [9.17, 15) is 14.4 Å².